The molecule has 18 heavy (non-hydrogen) atoms. The second-order valence-electron chi connectivity index (χ2n) is 3.66. The number of benzene rings is 2. The van der Waals surface area contributed by atoms with Crippen LogP contribution in [-0.4, -0.2) is 0 Å². The minimum Gasteiger partial charge on any atom is -0.397 e. The highest BCUT2D eigenvalue weighted by atomic mass is 79.9. The molecule has 2 aromatic carbocycles. The predicted octanol–water partition coefficient (Wildman–Crippen LogP) is 4.41. The van der Waals surface area contributed by atoms with Gasteiger partial charge in [0.1, 0.15) is 6.07 Å². The molecule has 2 aromatic rings. The number of anilines is 3. The van der Waals surface area contributed by atoms with Crippen molar-refractivity contribution in [2.24, 2.45) is 0 Å². The number of nitrogen functional groups attached to an aromatic ring is 1. The van der Waals surface area contributed by atoms with Gasteiger partial charge in [-0.25, -0.2) is 0 Å². The number of hydrogen-bond acceptors (Lipinski definition) is 3. The smallest absolute Gasteiger partial charge is 0.101 e. The van der Waals surface area contributed by atoms with Crippen LogP contribution in [0.15, 0.2) is 45.3 Å². The summed E-state index contributed by atoms with van der Waals surface area (Å²) in [5, 5.41) is 12.2. The summed E-state index contributed by atoms with van der Waals surface area (Å²) in [7, 11) is 0. The average molecular weight is 367 g/mol. The fourth-order valence-corrected chi connectivity index (χ4v) is 2.25. The lowest BCUT2D eigenvalue weighted by Crippen LogP contribution is -1.98. The van der Waals surface area contributed by atoms with Gasteiger partial charge in [0, 0.05) is 8.95 Å². The van der Waals surface area contributed by atoms with Crippen LogP contribution in [0.2, 0.25) is 0 Å². The van der Waals surface area contributed by atoms with Crippen molar-refractivity contribution < 1.29 is 0 Å². The van der Waals surface area contributed by atoms with Gasteiger partial charge in [0.25, 0.3) is 0 Å². The third-order valence-electron chi connectivity index (χ3n) is 2.39. The van der Waals surface area contributed by atoms with E-state index in [1.165, 1.54) is 0 Å². The van der Waals surface area contributed by atoms with E-state index in [-0.39, 0.29) is 0 Å². The number of hydrogen-bond donors (Lipinski definition) is 2. The molecule has 0 aromatic heterocycles. The van der Waals surface area contributed by atoms with Crippen LogP contribution < -0.4 is 11.1 Å². The van der Waals surface area contributed by atoms with E-state index in [9.17, 15) is 0 Å². The molecule has 0 aliphatic rings. The molecule has 0 spiro atoms. The maximum atomic E-state index is 9.08. The minimum atomic E-state index is 0.562. The second kappa shape index (κ2) is 5.42. The molecule has 0 atom stereocenters. The van der Waals surface area contributed by atoms with E-state index in [0.717, 1.165) is 20.3 Å². The van der Waals surface area contributed by atoms with Crippen molar-refractivity contribution in [2.45, 2.75) is 0 Å². The summed E-state index contributed by atoms with van der Waals surface area (Å²) in [6.07, 6.45) is 0. The maximum Gasteiger partial charge on any atom is 0.101 e. The van der Waals surface area contributed by atoms with E-state index in [2.05, 4.69) is 43.2 Å². The zero-order valence-corrected chi connectivity index (χ0v) is 12.4. The Bertz CT molecular complexity index is 633. The van der Waals surface area contributed by atoms with Crippen LogP contribution in [0.25, 0.3) is 0 Å². The number of rotatable bonds is 2. The zero-order valence-electron chi connectivity index (χ0n) is 9.24. The zero-order chi connectivity index (χ0) is 13.1. The van der Waals surface area contributed by atoms with E-state index in [4.69, 9.17) is 11.0 Å². The van der Waals surface area contributed by atoms with E-state index in [1.54, 1.807) is 6.07 Å². The Kier molecular flexibility index (Phi) is 3.90. The quantitative estimate of drug-likeness (QED) is 0.774. The number of nitrogens with two attached hydrogens (primary N) is 1. The molecule has 5 heteroatoms. The summed E-state index contributed by atoms with van der Waals surface area (Å²) in [5.41, 5.74) is 8.60. The summed E-state index contributed by atoms with van der Waals surface area (Å²) < 4.78 is 1.79. The molecule has 0 radical (unpaired) electrons. The van der Waals surface area contributed by atoms with E-state index < -0.39 is 0 Å². The SMILES string of the molecule is N#Cc1cc(Br)ccc1Nc1ccc(Br)cc1N. The molecule has 0 amide bonds. The normalized spacial score (nSPS) is 9.83. The van der Waals surface area contributed by atoms with Gasteiger partial charge < -0.3 is 11.1 Å². The highest BCUT2D eigenvalue weighted by molar-refractivity contribution is 9.10. The van der Waals surface area contributed by atoms with Crippen molar-refractivity contribution in [3.63, 3.8) is 0 Å². The van der Waals surface area contributed by atoms with Gasteiger partial charge in [0.05, 0.1) is 22.6 Å². The Morgan fingerprint density at radius 2 is 1.61 bits per heavy atom. The highest BCUT2D eigenvalue weighted by Gasteiger charge is 2.05. The van der Waals surface area contributed by atoms with E-state index in [0.29, 0.717) is 11.3 Å². The molecule has 0 saturated carbocycles. The van der Waals surface area contributed by atoms with Crippen LogP contribution in [0, 0.1) is 11.3 Å². The Morgan fingerprint density at radius 1 is 1.00 bits per heavy atom. The van der Waals surface area contributed by atoms with Crippen LogP contribution in [0.3, 0.4) is 0 Å². The van der Waals surface area contributed by atoms with Gasteiger partial charge in [-0.2, -0.15) is 5.26 Å². The topological polar surface area (TPSA) is 61.8 Å². The average Bonchev–Trinajstić information content (AvgIpc) is 2.34. The van der Waals surface area contributed by atoms with Gasteiger partial charge in [-0.15, -0.1) is 0 Å². The fourth-order valence-electron chi connectivity index (χ4n) is 1.51. The first-order valence-corrected chi connectivity index (χ1v) is 6.70. The molecule has 0 unspecified atom stereocenters. The summed E-state index contributed by atoms with van der Waals surface area (Å²) in [6, 6.07) is 13.2. The molecule has 90 valence electrons. The van der Waals surface area contributed by atoms with Gasteiger partial charge in [-0.3, -0.25) is 0 Å². The van der Waals surface area contributed by atoms with Crippen molar-refractivity contribution in [3.05, 3.63) is 50.9 Å². The van der Waals surface area contributed by atoms with Gasteiger partial charge in [-0.05, 0) is 36.4 Å². The highest BCUT2D eigenvalue weighted by Crippen LogP contribution is 2.29. The summed E-state index contributed by atoms with van der Waals surface area (Å²) in [4.78, 5) is 0. The van der Waals surface area contributed by atoms with Crippen molar-refractivity contribution in [3.8, 4) is 6.07 Å². The predicted molar refractivity (Wildman–Crippen MR) is 80.7 cm³/mol. The van der Waals surface area contributed by atoms with Gasteiger partial charge in [0.2, 0.25) is 0 Å². The number of nitriles is 1. The molecule has 3 nitrogen and oxygen atoms in total. The monoisotopic (exact) mass is 365 g/mol. The third kappa shape index (κ3) is 2.84. The van der Waals surface area contributed by atoms with Gasteiger partial charge in [0.15, 0.2) is 0 Å². The van der Waals surface area contributed by atoms with Crippen LogP contribution in [0.5, 0.6) is 0 Å². The first-order chi connectivity index (χ1) is 8.60. The molecular weight excluding hydrogens is 358 g/mol. The third-order valence-corrected chi connectivity index (χ3v) is 3.37. The van der Waals surface area contributed by atoms with Crippen molar-refractivity contribution in [2.75, 3.05) is 11.1 Å². The van der Waals surface area contributed by atoms with Crippen LogP contribution in [0.1, 0.15) is 5.56 Å². The molecule has 0 saturated heterocycles. The lowest BCUT2D eigenvalue weighted by Gasteiger charge is -2.11. The number of halogens is 2. The number of nitrogens with one attached hydrogen (secondary N) is 1. The summed E-state index contributed by atoms with van der Waals surface area (Å²) in [5.74, 6) is 0. The van der Waals surface area contributed by atoms with Crippen LogP contribution in [0.4, 0.5) is 17.1 Å². The lowest BCUT2D eigenvalue weighted by molar-refractivity contribution is 1.45. The van der Waals surface area contributed by atoms with Gasteiger partial charge in [-0.1, -0.05) is 31.9 Å². The second-order valence-corrected chi connectivity index (χ2v) is 5.49. The summed E-state index contributed by atoms with van der Waals surface area (Å²) >= 11 is 6.69. The lowest BCUT2D eigenvalue weighted by atomic mass is 10.2. The Labute approximate surface area is 122 Å². The Balaban J connectivity index is 2.37. The standard InChI is InChI=1S/C13H9Br2N3/c14-9-1-3-12(8(5-9)7-16)18-13-4-2-10(15)6-11(13)17/h1-6,18H,17H2. The van der Waals surface area contributed by atoms with Crippen molar-refractivity contribution >= 4 is 48.9 Å². The molecule has 0 heterocycles. The first-order valence-electron chi connectivity index (χ1n) is 5.12. The Hall–Kier alpha value is -1.51. The molecule has 0 fully saturated rings. The van der Waals surface area contributed by atoms with Crippen molar-refractivity contribution in [1.82, 2.24) is 0 Å². The largest absolute Gasteiger partial charge is 0.397 e. The van der Waals surface area contributed by atoms with E-state index >= 15 is 0 Å². The minimum absolute atomic E-state index is 0.562. The molecule has 0 bridgehead atoms. The Morgan fingerprint density at radius 3 is 2.22 bits per heavy atom. The first kappa shape index (κ1) is 12.9. The summed E-state index contributed by atoms with van der Waals surface area (Å²) in [6.45, 7) is 0. The number of nitrogens with zero attached hydrogens (tertiary/aromatic N) is 1. The molecule has 0 aliphatic heterocycles. The van der Waals surface area contributed by atoms with Crippen LogP contribution >= 0.6 is 31.9 Å². The fraction of sp³-hybridized carbons (Fsp3) is 0. The molecule has 0 aliphatic carbocycles. The van der Waals surface area contributed by atoms with E-state index in [1.807, 2.05) is 30.3 Å². The maximum absolute atomic E-state index is 9.08. The van der Waals surface area contributed by atoms with Gasteiger partial charge >= 0.3 is 0 Å². The molecule has 2 rings (SSSR count). The molecular formula is C13H9Br2N3. The molecule has 3 N–H and O–H groups in total. The van der Waals surface area contributed by atoms with Crippen LogP contribution in [-0.2, 0) is 0 Å². The van der Waals surface area contributed by atoms with Crippen molar-refractivity contribution in [1.29, 1.82) is 5.26 Å².